The smallest absolute Gasteiger partial charge is 0.435 e. The Hall–Kier alpha value is -3.62. The van der Waals surface area contributed by atoms with Crippen molar-refractivity contribution in [3.8, 4) is 5.69 Å². The molecule has 0 bridgehead atoms. The van der Waals surface area contributed by atoms with Crippen molar-refractivity contribution in [3.63, 3.8) is 0 Å². The lowest BCUT2D eigenvalue weighted by atomic mass is 9.85. The third-order valence-electron chi connectivity index (χ3n) is 6.11. The van der Waals surface area contributed by atoms with Crippen LogP contribution in [-0.2, 0) is 16.5 Å². The number of ether oxygens (including phenoxy) is 1. The first-order valence-electron chi connectivity index (χ1n) is 10.7. The van der Waals surface area contributed by atoms with E-state index in [0.717, 1.165) is 16.3 Å². The number of hydrogen-bond acceptors (Lipinski definition) is 3. The average Bonchev–Trinajstić information content (AvgIpc) is 3.31. The summed E-state index contributed by atoms with van der Waals surface area (Å²) in [6, 6.07) is 13.3. The molecule has 0 N–H and O–H groups in total. The van der Waals surface area contributed by atoms with E-state index in [9.17, 15) is 22.4 Å². The van der Waals surface area contributed by atoms with Crippen LogP contribution < -0.4 is 0 Å². The number of carbonyl (C=O) groups excluding carboxylic acids is 1. The first-order chi connectivity index (χ1) is 16.1. The minimum atomic E-state index is -4.51. The van der Waals surface area contributed by atoms with Crippen LogP contribution >= 0.6 is 0 Å². The number of benzene rings is 2. The molecular formula is C25H23F4N3O2. The lowest BCUT2D eigenvalue weighted by Gasteiger charge is -2.43. The highest BCUT2D eigenvalue weighted by Gasteiger charge is 2.42. The summed E-state index contributed by atoms with van der Waals surface area (Å²) < 4.78 is 58.9. The molecule has 0 saturated carbocycles. The van der Waals surface area contributed by atoms with E-state index in [1.807, 2.05) is 6.92 Å². The summed E-state index contributed by atoms with van der Waals surface area (Å²) >= 11 is 0. The van der Waals surface area contributed by atoms with E-state index in [-0.39, 0.29) is 11.9 Å². The van der Waals surface area contributed by atoms with E-state index in [4.69, 9.17) is 4.74 Å². The first kappa shape index (κ1) is 23.5. The maximum absolute atomic E-state index is 13.4. The third-order valence-corrected chi connectivity index (χ3v) is 6.11. The van der Waals surface area contributed by atoms with Crippen molar-refractivity contribution in [1.29, 1.82) is 0 Å². The maximum atomic E-state index is 13.4. The van der Waals surface area contributed by atoms with Crippen LogP contribution in [-0.4, -0.2) is 27.3 Å². The summed E-state index contributed by atoms with van der Waals surface area (Å²) in [5.74, 6) is -0.372. The highest BCUT2D eigenvalue weighted by Crippen LogP contribution is 2.40. The van der Waals surface area contributed by atoms with Gasteiger partial charge in [-0.15, -0.1) is 6.58 Å². The maximum Gasteiger partial charge on any atom is 0.435 e. The van der Waals surface area contributed by atoms with Gasteiger partial charge in [0, 0.05) is 25.6 Å². The number of cyclic esters (lactones) is 1. The van der Waals surface area contributed by atoms with E-state index in [1.165, 1.54) is 18.3 Å². The molecule has 4 rings (SSSR count). The molecule has 0 aliphatic carbocycles. The molecule has 1 fully saturated rings. The third kappa shape index (κ3) is 4.55. The predicted molar refractivity (Wildman–Crippen MR) is 118 cm³/mol. The molecule has 3 aromatic rings. The summed E-state index contributed by atoms with van der Waals surface area (Å²) in [6.07, 6.45) is -1.21. The van der Waals surface area contributed by atoms with Gasteiger partial charge in [-0.1, -0.05) is 30.3 Å². The Morgan fingerprint density at radius 2 is 1.82 bits per heavy atom. The van der Waals surface area contributed by atoms with Crippen molar-refractivity contribution in [2.45, 2.75) is 37.6 Å². The molecule has 2 aromatic carbocycles. The normalized spacial score (nSPS) is 19.6. The van der Waals surface area contributed by atoms with Crippen molar-refractivity contribution in [2.24, 2.45) is 0 Å². The Balaban J connectivity index is 1.50. The molecule has 34 heavy (non-hydrogen) atoms. The van der Waals surface area contributed by atoms with Crippen LogP contribution in [0.3, 0.4) is 0 Å². The number of carbonyl (C=O) groups is 1. The SMILES string of the molecule is C=CC[C@]1(c2ccc(F)cc2)CCN([C@@H](C)c2ccc(-n3ccc(C(F)(F)F)n3)cc2)C(=O)O1. The quantitative estimate of drug-likeness (QED) is 0.307. The zero-order chi connectivity index (χ0) is 24.5. The van der Waals surface area contributed by atoms with Gasteiger partial charge in [-0.05, 0) is 48.4 Å². The Bertz CT molecular complexity index is 1170. The molecule has 0 unspecified atom stereocenters. The van der Waals surface area contributed by atoms with Crippen molar-refractivity contribution < 1.29 is 27.1 Å². The molecule has 1 amide bonds. The molecule has 1 aromatic heterocycles. The van der Waals surface area contributed by atoms with Crippen molar-refractivity contribution in [3.05, 3.63) is 96.1 Å². The second-order valence-electron chi connectivity index (χ2n) is 8.22. The van der Waals surface area contributed by atoms with Crippen molar-refractivity contribution in [1.82, 2.24) is 14.7 Å². The summed E-state index contributed by atoms with van der Waals surface area (Å²) in [5.41, 5.74) is 0.0837. The second-order valence-corrected chi connectivity index (χ2v) is 8.22. The van der Waals surface area contributed by atoms with E-state index in [1.54, 1.807) is 47.4 Å². The Morgan fingerprint density at radius 1 is 1.15 bits per heavy atom. The number of rotatable bonds is 6. The highest BCUT2D eigenvalue weighted by atomic mass is 19.4. The lowest BCUT2D eigenvalue weighted by Crippen LogP contribution is -2.48. The molecule has 2 atom stereocenters. The van der Waals surface area contributed by atoms with Gasteiger partial charge in [-0.3, -0.25) is 0 Å². The molecular weight excluding hydrogens is 450 g/mol. The van der Waals surface area contributed by atoms with Crippen molar-refractivity contribution >= 4 is 6.09 Å². The predicted octanol–water partition coefficient (Wildman–Crippen LogP) is 6.41. The lowest BCUT2D eigenvalue weighted by molar-refractivity contribution is -0.141. The second kappa shape index (κ2) is 8.96. The molecule has 0 spiro atoms. The van der Waals surface area contributed by atoms with E-state index in [2.05, 4.69) is 11.7 Å². The van der Waals surface area contributed by atoms with Crippen LogP contribution in [0.2, 0.25) is 0 Å². The topological polar surface area (TPSA) is 47.4 Å². The van der Waals surface area contributed by atoms with Gasteiger partial charge in [-0.25, -0.2) is 13.9 Å². The van der Waals surface area contributed by atoms with Gasteiger partial charge in [0.25, 0.3) is 0 Å². The fraction of sp³-hybridized carbons (Fsp3) is 0.280. The van der Waals surface area contributed by atoms with E-state index in [0.29, 0.717) is 30.6 Å². The summed E-state index contributed by atoms with van der Waals surface area (Å²) in [4.78, 5) is 14.6. The van der Waals surface area contributed by atoms with E-state index < -0.39 is 23.6 Å². The Kier molecular flexibility index (Phi) is 6.20. The Labute approximate surface area is 194 Å². The molecule has 1 aliphatic rings. The van der Waals surface area contributed by atoms with Gasteiger partial charge in [0.2, 0.25) is 0 Å². The average molecular weight is 473 g/mol. The van der Waals surface area contributed by atoms with Crippen LogP contribution in [0.25, 0.3) is 5.69 Å². The van der Waals surface area contributed by atoms with Gasteiger partial charge in [0.1, 0.15) is 11.4 Å². The molecule has 5 nitrogen and oxygen atoms in total. The van der Waals surface area contributed by atoms with Crippen LogP contribution in [0.4, 0.5) is 22.4 Å². The monoisotopic (exact) mass is 473 g/mol. The van der Waals surface area contributed by atoms with Crippen LogP contribution in [0.1, 0.15) is 42.6 Å². The van der Waals surface area contributed by atoms with Gasteiger partial charge in [0.15, 0.2) is 5.69 Å². The summed E-state index contributed by atoms with van der Waals surface area (Å²) in [7, 11) is 0. The number of halogens is 4. The molecule has 1 saturated heterocycles. The largest absolute Gasteiger partial charge is 0.437 e. The van der Waals surface area contributed by atoms with Gasteiger partial charge < -0.3 is 9.64 Å². The van der Waals surface area contributed by atoms with E-state index >= 15 is 0 Å². The van der Waals surface area contributed by atoms with Crippen LogP contribution in [0.15, 0.2) is 73.4 Å². The molecule has 9 heteroatoms. The molecule has 1 aliphatic heterocycles. The standard InChI is InChI=1S/C25H23F4N3O2/c1-3-13-24(19-6-8-20(26)9-7-19)14-16-31(23(33)34-24)17(2)18-4-10-21(11-5-18)32-15-12-22(30-32)25(27,28)29/h3-12,15,17H,1,13-14,16H2,2H3/t17-,24+/m0/s1. The van der Waals surface area contributed by atoms with Gasteiger partial charge in [-0.2, -0.15) is 18.3 Å². The Morgan fingerprint density at radius 3 is 2.38 bits per heavy atom. The molecule has 0 radical (unpaired) electrons. The molecule has 178 valence electrons. The van der Waals surface area contributed by atoms with Crippen LogP contribution in [0, 0.1) is 5.82 Å². The minimum absolute atomic E-state index is 0.333. The molecule has 2 heterocycles. The summed E-state index contributed by atoms with van der Waals surface area (Å²) in [5, 5.41) is 3.57. The number of nitrogens with zero attached hydrogens (tertiary/aromatic N) is 3. The van der Waals surface area contributed by atoms with Crippen molar-refractivity contribution in [2.75, 3.05) is 6.54 Å². The fourth-order valence-corrected chi connectivity index (χ4v) is 4.18. The number of alkyl halides is 3. The van der Waals surface area contributed by atoms with Gasteiger partial charge in [0.05, 0.1) is 11.7 Å². The zero-order valence-corrected chi connectivity index (χ0v) is 18.4. The number of amides is 1. The van der Waals surface area contributed by atoms with Gasteiger partial charge >= 0.3 is 12.3 Å². The minimum Gasteiger partial charge on any atom is -0.437 e. The zero-order valence-electron chi connectivity index (χ0n) is 18.4. The highest BCUT2D eigenvalue weighted by molar-refractivity contribution is 5.70. The summed E-state index contributed by atoms with van der Waals surface area (Å²) in [6.45, 7) is 6.02. The number of hydrogen-bond donors (Lipinski definition) is 0. The van der Waals surface area contributed by atoms with Crippen LogP contribution in [0.5, 0.6) is 0 Å². The first-order valence-corrected chi connectivity index (χ1v) is 10.7. The fourth-order valence-electron chi connectivity index (χ4n) is 4.18. The number of aromatic nitrogens is 2.